The summed E-state index contributed by atoms with van der Waals surface area (Å²) in [6, 6.07) is 17.9. The van der Waals surface area contributed by atoms with Gasteiger partial charge in [-0.3, -0.25) is 10.4 Å². The molecule has 1 aliphatic heterocycles. The number of hydrogen-bond acceptors (Lipinski definition) is 8. The van der Waals surface area contributed by atoms with E-state index in [1.807, 2.05) is 73.5 Å². The highest BCUT2D eigenvalue weighted by Gasteiger charge is 2.27. The van der Waals surface area contributed by atoms with Crippen molar-refractivity contribution in [3.8, 4) is 5.75 Å². The maximum Gasteiger partial charge on any atom is 0.357 e. The van der Waals surface area contributed by atoms with E-state index in [1.165, 1.54) is 7.11 Å². The Bertz CT molecular complexity index is 1140. The van der Waals surface area contributed by atoms with Crippen LogP contribution in [0.2, 0.25) is 0 Å². The predicted molar refractivity (Wildman–Crippen MR) is 123 cm³/mol. The number of aromatic nitrogens is 1. The standard InChI is InChI=1S/C25H28N4O4/c1-17-22(26-18(2)33-17)12-13-32-21-11-7-10-20(14-21)15-23-24(25(30)31-3)27-28-29(23)16-19-8-5-4-6-9-19/h4-11,14,27-28H,12-13,15-16H2,1-3H3. The summed E-state index contributed by atoms with van der Waals surface area (Å²) < 4.78 is 16.4. The van der Waals surface area contributed by atoms with E-state index in [2.05, 4.69) is 15.9 Å². The summed E-state index contributed by atoms with van der Waals surface area (Å²) >= 11 is 0. The molecule has 33 heavy (non-hydrogen) atoms. The van der Waals surface area contributed by atoms with Crippen LogP contribution in [0.15, 0.2) is 70.4 Å². The fraction of sp³-hybridized carbons (Fsp3) is 0.280. The summed E-state index contributed by atoms with van der Waals surface area (Å²) in [5.74, 6) is 1.84. The molecule has 1 aromatic heterocycles. The first-order valence-corrected chi connectivity index (χ1v) is 10.8. The minimum absolute atomic E-state index is 0.400. The maximum atomic E-state index is 12.3. The van der Waals surface area contributed by atoms with Gasteiger partial charge in [0.15, 0.2) is 11.6 Å². The lowest BCUT2D eigenvalue weighted by molar-refractivity contribution is -0.136. The van der Waals surface area contributed by atoms with Crippen LogP contribution >= 0.6 is 0 Å². The van der Waals surface area contributed by atoms with Crippen molar-refractivity contribution in [2.75, 3.05) is 13.7 Å². The Morgan fingerprint density at radius 2 is 1.88 bits per heavy atom. The molecule has 2 N–H and O–H groups in total. The molecule has 0 spiro atoms. The molecule has 172 valence electrons. The maximum absolute atomic E-state index is 12.3. The van der Waals surface area contributed by atoms with Crippen molar-refractivity contribution in [1.29, 1.82) is 0 Å². The van der Waals surface area contributed by atoms with E-state index in [4.69, 9.17) is 13.9 Å². The van der Waals surface area contributed by atoms with Crippen LogP contribution in [0.4, 0.5) is 0 Å². The largest absolute Gasteiger partial charge is 0.493 e. The lowest BCUT2D eigenvalue weighted by atomic mass is 10.1. The molecule has 2 heterocycles. The summed E-state index contributed by atoms with van der Waals surface area (Å²) in [6.45, 7) is 4.84. The second-order valence-electron chi connectivity index (χ2n) is 7.78. The zero-order valence-corrected chi connectivity index (χ0v) is 19.1. The first kappa shape index (κ1) is 22.4. The Balaban J connectivity index is 1.46. The number of oxazole rings is 1. The van der Waals surface area contributed by atoms with Gasteiger partial charge in [0, 0.05) is 19.8 Å². The number of carbonyl (C=O) groups excluding carboxylic acids is 1. The smallest absolute Gasteiger partial charge is 0.357 e. The minimum atomic E-state index is -0.418. The number of methoxy groups -OCH3 is 1. The zero-order valence-electron chi connectivity index (χ0n) is 19.1. The summed E-state index contributed by atoms with van der Waals surface area (Å²) in [4.78, 5) is 16.7. The average Bonchev–Trinajstić information content (AvgIpc) is 3.36. The molecule has 0 amide bonds. The van der Waals surface area contributed by atoms with Gasteiger partial charge in [0.05, 0.1) is 31.7 Å². The van der Waals surface area contributed by atoms with E-state index in [0.717, 1.165) is 34.0 Å². The van der Waals surface area contributed by atoms with Crippen LogP contribution in [0.3, 0.4) is 0 Å². The average molecular weight is 449 g/mol. The van der Waals surface area contributed by atoms with Crippen molar-refractivity contribution >= 4 is 5.97 Å². The first-order valence-electron chi connectivity index (χ1n) is 10.8. The third kappa shape index (κ3) is 5.53. The van der Waals surface area contributed by atoms with E-state index in [0.29, 0.717) is 37.6 Å². The molecular formula is C25H28N4O4. The number of nitrogens with zero attached hydrogens (tertiary/aromatic N) is 2. The third-order valence-corrected chi connectivity index (χ3v) is 5.38. The van der Waals surface area contributed by atoms with Gasteiger partial charge in [-0.15, -0.1) is 5.53 Å². The van der Waals surface area contributed by atoms with Gasteiger partial charge in [-0.1, -0.05) is 42.5 Å². The van der Waals surface area contributed by atoms with E-state index < -0.39 is 5.97 Å². The number of ether oxygens (including phenoxy) is 2. The van der Waals surface area contributed by atoms with Gasteiger partial charge in [-0.25, -0.2) is 9.78 Å². The van der Waals surface area contributed by atoms with Crippen molar-refractivity contribution in [2.24, 2.45) is 0 Å². The summed E-state index contributed by atoms with van der Waals surface area (Å²) in [5, 5.41) is 1.92. The van der Waals surface area contributed by atoms with Crippen molar-refractivity contribution in [1.82, 2.24) is 21.0 Å². The number of carbonyl (C=O) groups is 1. The van der Waals surface area contributed by atoms with Crippen LogP contribution in [0, 0.1) is 13.8 Å². The van der Waals surface area contributed by atoms with E-state index in [-0.39, 0.29) is 0 Å². The van der Waals surface area contributed by atoms with E-state index in [9.17, 15) is 4.79 Å². The quantitative estimate of drug-likeness (QED) is 0.482. The highest BCUT2D eigenvalue weighted by atomic mass is 16.5. The molecule has 0 fully saturated rings. The van der Waals surface area contributed by atoms with Crippen molar-refractivity contribution in [3.63, 3.8) is 0 Å². The molecule has 1 aliphatic rings. The number of aryl methyl sites for hydroxylation is 2. The Hall–Kier alpha value is -3.78. The van der Waals surface area contributed by atoms with E-state index >= 15 is 0 Å². The van der Waals surface area contributed by atoms with Gasteiger partial charge in [-0.05, 0) is 30.2 Å². The number of benzene rings is 2. The lowest BCUT2D eigenvalue weighted by Crippen LogP contribution is -2.38. The molecule has 4 rings (SSSR count). The number of rotatable bonds is 9. The monoisotopic (exact) mass is 448 g/mol. The molecule has 0 radical (unpaired) electrons. The highest BCUT2D eigenvalue weighted by Crippen LogP contribution is 2.23. The summed E-state index contributed by atoms with van der Waals surface area (Å²) in [7, 11) is 1.38. The summed E-state index contributed by atoms with van der Waals surface area (Å²) in [6.07, 6.45) is 1.19. The number of hydrazine groups is 2. The molecule has 0 atom stereocenters. The molecule has 2 aromatic carbocycles. The van der Waals surface area contributed by atoms with Gasteiger partial charge in [0.1, 0.15) is 11.5 Å². The van der Waals surface area contributed by atoms with Crippen LogP contribution in [-0.4, -0.2) is 29.7 Å². The van der Waals surface area contributed by atoms with Crippen molar-refractivity contribution < 1.29 is 18.7 Å². The molecule has 8 nitrogen and oxygen atoms in total. The molecule has 0 saturated heterocycles. The number of nitrogens with one attached hydrogen (secondary N) is 2. The molecule has 0 saturated carbocycles. The number of allylic oxidation sites excluding steroid dienone is 1. The van der Waals surface area contributed by atoms with Gasteiger partial charge in [0.25, 0.3) is 0 Å². The highest BCUT2D eigenvalue weighted by molar-refractivity contribution is 5.88. The van der Waals surface area contributed by atoms with Crippen LogP contribution < -0.4 is 15.7 Å². The van der Waals surface area contributed by atoms with Gasteiger partial charge >= 0.3 is 5.97 Å². The zero-order chi connectivity index (χ0) is 23.2. The molecule has 8 heteroatoms. The third-order valence-electron chi connectivity index (χ3n) is 5.38. The Morgan fingerprint density at radius 3 is 2.61 bits per heavy atom. The van der Waals surface area contributed by atoms with Crippen LogP contribution in [0.1, 0.15) is 28.5 Å². The summed E-state index contributed by atoms with van der Waals surface area (Å²) in [5.41, 5.74) is 10.3. The Labute approximate surface area is 193 Å². The molecular weight excluding hydrogens is 420 g/mol. The molecule has 3 aromatic rings. The number of hydrogen-bond donors (Lipinski definition) is 2. The van der Waals surface area contributed by atoms with Gasteiger partial charge in [0.2, 0.25) is 0 Å². The van der Waals surface area contributed by atoms with Gasteiger partial charge in [-0.2, -0.15) is 0 Å². The van der Waals surface area contributed by atoms with Crippen molar-refractivity contribution in [3.05, 3.63) is 94.5 Å². The predicted octanol–water partition coefficient (Wildman–Crippen LogP) is 3.37. The van der Waals surface area contributed by atoms with Gasteiger partial charge < -0.3 is 13.9 Å². The lowest BCUT2D eigenvalue weighted by Gasteiger charge is -2.21. The Morgan fingerprint density at radius 1 is 1.09 bits per heavy atom. The fourth-order valence-corrected chi connectivity index (χ4v) is 3.76. The topological polar surface area (TPSA) is 88.9 Å². The minimum Gasteiger partial charge on any atom is -0.493 e. The fourth-order valence-electron chi connectivity index (χ4n) is 3.76. The molecule has 0 aliphatic carbocycles. The second-order valence-corrected chi connectivity index (χ2v) is 7.78. The normalized spacial score (nSPS) is 13.2. The second kappa shape index (κ2) is 10.2. The van der Waals surface area contributed by atoms with Crippen LogP contribution in [-0.2, 0) is 28.9 Å². The van der Waals surface area contributed by atoms with E-state index in [1.54, 1.807) is 0 Å². The van der Waals surface area contributed by atoms with Crippen molar-refractivity contribution in [2.45, 2.75) is 33.2 Å². The molecule has 0 bridgehead atoms. The Kier molecular flexibility index (Phi) is 6.95. The number of esters is 1. The first-order chi connectivity index (χ1) is 16.0. The molecule has 0 unspecified atom stereocenters. The van der Waals surface area contributed by atoms with Crippen LogP contribution in [0.5, 0.6) is 5.75 Å². The SMILES string of the molecule is COC(=O)C1=C(Cc2cccc(OCCc3nc(C)oc3C)c2)N(Cc2ccccc2)NN1. The van der Waals surface area contributed by atoms with Crippen LogP contribution in [0.25, 0.3) is 0 Å².